The number of carbonyl (C=O) groups is 1. The van der Waals surface area contributed by atoms with Gasteiger partial charge >= 0.3 is 0 Å². The van der Waals surface area contributed by atoms with Crippen LogP contribution in [0.2, 0.25) is 0 Å². The third kappa shape index (κ3) is 6.20. The summed E-state index contributed by atoms with van der Waals surface area (Å²) < 4.78 is 33.1. The van der Waals surface area contributed by atoms with Gasteiger partial charge in [-0.1, -0.05) is 19.9 Å². The molecule has 0 aliphatic carbocycles. The number of ether oxygens (including phenoxy) is 1. The number of carbonyl (C=O) groups excluding carboxylic acids is 1. The van der Waals surface area contributed by atoms with E-state index in [1.165, 1.54) is 38.5 Å². The van der Waals surface area contributed by atoms with Crippen LogP contribution in [0, 0.1) is 5.92 Å². The Bertz CT molecular complexity index is 986. The molecule has 0 spiro atoms. The van der Waals surface area contributed by atoms with Crippen molar-refractivity contribution in [2.75, 3.05) is 25.1 Å². The molecule has 1 saturated heterocycles. The van der Waals surface area contributed by atoms with E-state index in [-0.39, 0.29) is 23.3 Å². The van der Waals surface area contributed by atoms with Crippen molar-refractivity contribution in [3.05, 3.63) is 48.2 Å². The first-order valence-electron chi connectivity index (χ1n) is 10.9. The van der Waals surface area contributed by atoms with Gasteiger partial charge in [0.05, 0.1) is 12.0 Å². The van der Waals surface area contributed by atoms with Crippen molar-refractivity contribution in [1.29, 1.82) is 0 Å². The van der Waals surface area contributed by atoms with Crippen molar-refractivity contribution < 1.29 is 17.9 Å². The largest absolute Gasteiger partial charge is 0.497 e. The molecular formula is C23H32N4O4S. The Balaban J connectivity index is 1.61. The van der Waals surface area contributed by atoms with Crippen molar-refractivity contribution >= 4 is 21.7 Å². The summed E-state index contributed by atoms with van der Waals surface area (Å²) in [7, 11) is -2.35. The van der Waals surface area contributed by atoms with Gasteiger partial charge < -0.3 is 15.0 Å². The topological polar surface area (TPSA) is 101 Å². The summed E-state index contributed by atoms with van der Waals surface area (Å²) in [5.74, 6) is 0.897. The second-order valence-electron chi connectivity index (χ2n) is 8.31. The second kappa shape index (κ2) is 10.8. The normalized spacial score (nSPS) is 15.4. The molecular weight excluding hydrogens is 428 g/mol. The number of nitrogens with one attached hydrogen (secondary N) is 2. The van der Waals surface area contributed by atoms with E-state index in [0.29, 0.717) is 5.75 Å². The van der Waals surface area contributed by atoms with Crippen LogP contribution in [0.4, 0.5) is 5.82 Å². The van der Waals surface area contributed by atoms with Gasteiger partial charge in [0.1, 0.15) is 17.6 Å². The molecule has 32 heavy (non-hydrogen) atoms. The summed E-state index contributed by atoms with van der Waals surface area (Å²) in [6.45, 7) is 5.92. The first kappa shape index (κ1) is 24.0. The van der Waals surface area contributed by atoms with Gasteiger partial charge in [-0.3, -0.25) is 4.79 Å². The highest BCUT2D eigenvalue weighted by Gasteiger charge is 2.28. The van der Waals surface area contributed by atoms with Gasteiger partial charge in [0.25, 0.3) is 0 Å². The van der Waals surface area contributed by atoms with Crippen LogP contribution in [0.15, 0.2) is 47.5 Å². The Labute approximate surface area is 190 Å². The minimum absolute atomic E-state index is 0.0780. The number of pyridine rings is 1. The van der Waals surface area contributed by atoms with Crippen molar-refractivity contribution in [3.8, 4) is 5.75 Å². The summed E-state index contributed by atoms with van der Waals surface area (Å²) in [5, 5.41) is 2.83. The number of piperidine rings is 1. The number of aromatic nitrogens is 1. The summed E-state index contributed by atoms with van der Waals surface area (Å²) in [4.78, 5) is 19.7. The number of sulfonamides is 1. The fourth-order valence-electron chi connectivity index (χ4n) is 3.61. The smallest absolute Gasteiger partial charge is 0.241 e. The summed E-state index contributed by atoms with van der Waals surface area (Å²) in [5.41, 5.74) is 0.861. The van der Waals surface area contributed by atoms with Crippen LogP contribution in [-0.2, 0) is 21.4 Å². The molecule has 1 aliphatic rings. The molecule has 1 aromatic carbocycles. The molecule has 2 N–H and O–H groups in total. The maximum absolute atomic E-state index is 12.8. The SMILES string of the molecule is COc1ccc(S(=O)(=O)N[C@H](C(=O)NCc2ccc(N3CCCCC3)nc2)C(C)C)cc1. The zero-order valence-corrected chi connectivity index (χ0v) is 19.7. The first-order chi connectivity index (χ1) is 15.3. The van der Waals surface area contributed by atoms with Gasteiger partial charge in [0, 0.05) is 25.8 Å². The molecule has 1 amide bonds. The molecule has 2 heterocycles. The number of rotatable bonds is 9. The third-order valence-corrected chi connectivity index (χ3v) is 7.01. The fraction of sp³-hybridized carbons (Fsp3) is 0.478. The fourth-order valence-corrected chi connectivity index (χ4v) is 4.96. The Morgan fingerprint density at radius 1 is 1.09 bits per heavy atom. The number of benzene rings is 1. The molecule has 8 nitrogen and oxygen atoms in total. The molecule has 1 fully saturated rings. The average molecular weight is 461 g/mol. The lowest BCUT2D eigenvalue weighted by Crippen LogP contribution is -2.49. The number of hydrogen-bond acceptors (Lipinski definition) is 6. The van der Waals surface area contributed by atoms with Gasteiger partial charge in [-0.2, -0.15) is 4.72 Å². The minimum atomic E-state index is -3.86. The van der Waals surface area contributed by atoms with Gasteiger partial charge in [0.15, 0.2) is 0 Å². The van der Waals surface area contributed by atoms with Crippen LogP contribution in [-0.4, -0.2) is 45.6 Å². The molecule has 1 atom stereocenters. The quantitative estimate of drug-likeness (QED) is 0.597. The predicted octanol–water partition coefficient (Wildman–Crippen LogP) is 2.70. The Kier molecular flexibility index (Phi) is 8.09. The van der Waals surface area contributed by atoms with Gasteiger partial charge in [-0.25, -0.2) is 13.4 Å². The van der Waals surface area contributed by atoms with E-state index >= 15 is 0 Å². The van der Waals surface area contributed by atoms with Gasteiger partial charge in [-0.15, -0.1) is 0 Å². The van der Waals surface area contributed by atoms with Crippen molar-refractivity contribution in [2.45, 2.75) is 50.6 Å². The maximum Gasteiger partial charge on any atom is 0.241 e. The number of anilines is 1. The summed E-state index contributed by atoms with van der Waals surface area (Å²) in [6, 6.07) is 9.06. The molecule has 0 saturated carbocycles. The van der Waals surface area contributed by atoms with E-state index in [1.807, 2.05) is 12.1 Å². The summed E-state index contributed by atoms with van der Waals surface area (Å²) in [6.07, 6.45) is 5.39. The lowest BCUT2D eigenvalue weighted by Gasteiger charge is -2.27. The van der Waals surface area contributed by atoms with Crippen molar-refractivity contribution in [2.24, 2.45) is 5.92 Å². The Hall–Kier alpha value is -2.65. The van der Waals surface area contributed by atoms with E-state index in [0.717, 1.165) is 24.5 Å². The number of amides is 1. The van der Waals surface area contributed by atoms with Crippen LogP contribution < -0.4 is 19.7 Å². The first-order valence-corrected chi connectivity index (χ1v) is 12.4. The van der Waals surface area contributed by atoms with Crippen LogP contribution in [0.25, 0.3) is 0 Å². The van der Waals surface area contributed by atoms with Crippen LogP contribution in [0.3, 0.4) is 0 Å². The molecule has 0 bridgehead atoms. The number of hydrogen-bond donors (Lipinski definition) is 2. The lowest BCUT2D eigenvalue weighted by atomic mass is 10.0. The minimum Gasteiger partial charge on any atom is -0.497 e. The Morgan fingerprint density at radius 3 is 2.34 bits per heavy atom. The van der Waals surface area contributed by atoms with Crippen molar-refractivity contribution in [3.63, 3.8) is 0 Å². The van der Waals surface area contributed by atoms with Gasteiger partial charge in [-0.05, 0) is 61.1 Å². The Morgan fingerprint density at radius 2 is 1.78 bits per heavy atom. The molecule has 9 heteroatoms. The molecule has 2 aromatic rings. The van der Waals surface area contributed by atoms with E-state index < -0.39 is 16.1 Å². The van der Waals surface area contributed by atoms with Crippen LogP contribution in [0.1, 0.15) is 38.7 Å². The molecule has 3 rings (SSSR count). The highest BCUT2D eigenvalue weighted by molar-refractivity contribution is 7.89. The standard InChI is InChI=1S/C23H32N4O4S/c1-17(2)22(26-32(29,30)20-10-8-19(31-3)9-11-20)23(28)25-16-18-7-12-21(24-15-18)27-13-5-4-6-14-27/h7-12,15,17,22,26H,4-6,13-14,16H2,1-3H3,(H,25,28)/t22-/m0/s1. The van der Waals surface area contributed by atoms with E-state index in [2.05, 4.69) is 19.9 Å². The molecule has 1 aliphatic heterocycles. The average Bonchev–Trinajstić information content (AvgIpc) is 2.82. The lowest BCUT2D eigenvalue weighted by molar-refractivity contribution is -0.123. The van der Waals surface area contributed by atoms with Crippen LogP contribution >= 0.6 is 0 Å². The van der Waals surface area contributed by atoms with Gasteiger partial charge in [0.2, 0.25) is 15.9 Å². The third-order valence-electron chi connectivity index (χ3n) is 5.56. The van der Waals surface area contributed by atoms with E-state index in [4.69, 9.17) is 4.74 Å². The number of methoxy groups -OCH3 is 1. The van der Waals surface area contributed by atoms with Crippen LogP contribution in [0.5, 0.6) is 5.75 Å². The second-order valence-corrected chi connectivity index (χ2v) is 10.0. The predicted molar refractivity (Wildman–Crippen MR) is 124 cm³/mol. The molecule has 174 valence electrons. The highest BCUT2D eigenvalue weighted by Crippen LogP contribution is 2.18. The highest BCUT2D eigenvalue weighted by atomic mass is 32.2. The van der Waals surface area contributed by atoms with E-state index in [1.54, 1.807) is 32.2 Å². The van der Waals surface area contributed by atoms with E-state index in [9.17, 15) is 13.2 Å². The molecule has 1 aromatic heterocycles. The molecule has 0 unspecified atom stereocenters. The zero-order valence-electron chi connectivity index (χ0n) is 18.9. The zero-order chi connectivity index (χ0) is 23.1. The number of nitrogens with zero attached hydrogens (tertiary/aromatic N) is 2. The monoisotopic (exact) mass is 460 g/mol. The molecule has 0 radical (unpaired) electrons. The summed E-state index contributed by atoms with van der Waals surface area (Å²) >= 11 is 0. The van der Waals surface area contributed by atoms with Crippen molar-refractivity contribution in [1.82, 2.24) is 15.0 Å². The maximum atomic E-state index is 12.8.